The average molecular weight is 438 g/mol. The lowest BCUT2D eigenvalue weighted by atomic mass is 9.97. The molecule has 1 aliphatic carbocycles. The molecule has 6 nitrogen and oxygen atoms in total. The average Bonchev–Trinajstić information content (AvgIpc) is 3.09. The highest BCUT2D eigenvalue weighted by molar-refractivity contribution is 5.95. The summed E-state index contributed by atoms with van der Waals surface area (Å²) in [5.41, 5.74) is 1.48. The minimum atomic E-state index is -0.773. The Morgan fingerprint density at radius 1 is 0.906 bits per heavy atom. The third kappa shape index (κ3) is 4.04. The number of carbonyl (C=O) groups is 2. The summed E-state index contributed by atoms with van der Waals surface area (Å²) in [6, 6.07) is 10.8. The van der Waals surface area contributed by atoms with Crippen LogP contribution in [0.25, 0.3) is 0 Å². The number of carbonyl (C=O) groups excluding carboxylic acids is 2. The van der Waals surface area contributed by atoms with Crippen LogP contribution in [0.1, 0.15) is 55.7 Å². The highest BCUT2D eigenvalue weighted by Crippen LogP contribution is 2.36. The third-order valence-electron chi connectivity index (χ3n) is 6.70. The van der Waals surface area contributed by atoms with Gasteiger partial charge in [0.05, 0.1) is 0 Å². The summed E-state index contributed by atoms with van der Waals surface area (Å²) in [6.45, 7) is 0.530. The van der Waals surface area contributed by atoms with Gasteiger partial charge in [-0.15, -0.1) is 0 Å². The molecule has 2 aromatic rings. The maximum Gasteiger partial charge on any atom is 0.250 e. The molecule has 2 fully saturated rings. The van der Waals surface area contributed by atoms with E-state index in [0.29, 0.717) is 17.1 Å². The van der Waals surface area contributed by atoms with Crippen molar-refractivity contribution in [3.05, 3.63) is 59.4 Å². The number of fused-ring (bicyclic) bond motifs is 1. The second-order valence-electron chi connectivity index (χ2n) is 8.77. The molecular weight excluding hydrogens is 411 g/mol. The van der Waals surface area contributed by atoms with Crippen LogP contribution in [-0.2, 0) is 16.1 Å². The molecule has 168 valence electrons. The zero-order chi connectivity index (χ0) is 22.1. The molecule has 2 aliphatic heterocycles. The van der Waals surface area contributed by atoms with E-state index in [1.165, 1.54) is 25.0 Å². The zero-order valence-corrected chi connectivity index (χ0v) is 18.0. The Morgan fingerprint density at radius 2 is 1.62 bits per heavy atom. The first-order valence-electron chi connectivity index (χ1n) is 11.3. The predicted molar refractivity (Wildman–Crippen MR) is 115 cm³/mol. The van der Waals surface area contributed by atoms with Gasteiger partial charge in [0.15, 0.2) is 11.5 Å². The van der Waals surface area contributed by atoms with Crippen molar-refractivity contribution in [3.8, 4) is 11.5 Å². The number of halogens is 1. The minimum Gasteiger partial charge on any atom is -0.454 e. The van der Waals surface area contributed by atoms with Gasteiger partial charge in [0.1, 0.15) is 18.4 Å². The van der Waals surface area contributed by atoms with Crippen LogP contribution in [0, 0.1) is 5.82 Å². The molecule has 0 unspecified atom stereocenters. The van der Waals surface area contributed by atoms with Crippen LogP contribution < -0.4 is 9.47 Å². The fraction of sp³-hybridized carbons (Fsp3) is 0.440. The summed E-state index contributed by atoms with van der Waals surface area (Å²) in [7, 11) is 0. The van der Waals surface area contributed by atoms with Gasteiger partial charge in [-0.05, 0) is 48.2 Å². The normalized spacial score (nSPS) is 21.7. The number of rotatable bonds is 4. The highest BCUT2D eigenvalue weighted by atomic mass is 19.1. The smallest absolute Gasteiger partial charge is 0.250 e. The molecule has 0 N–H and O–H groups in total. The lowest BCUT2D eigenvalue weighted by Gasteiger charge is -2.43. The van der Waals surface area contributed by atoms with E-state index in [4.69, 9.17) is 9.47 Å². The first-order valence-corrected chi connectivity index (χ1v) is 11.3. The largest absolute Gasteiger partial charge is 0.454 e. The Hall–Kier alpha value is -3.09. The van der Waals surface area contributed by atoms with Gasteiger partial charge in [-0.3, -0.25) is 9.59 Å². The van der Waals surface area contributed by atoms with Gasteiger partial charge < -0.3 is 19.3 Å². The molecule has 0 radical (unpaired) electrons. The standard InChI is InChI=1S/C25H27FN2O4/c26-19-10-8-18(9-11-19)24-25(30)27(20-5-3-1-2-4-6-20)15-23(29)28(24)14-17-7-12-21-22(13-17)32-16-31-21/h7-13,20,24H,1-6,14-16H2/t24-/m0/s1. The number of piperazine rings is 1. The van der Waals surface area contributed by atoms with E-state index in [9.17, 15) is 14.0 Å². The van der Waals surface area contributed by atoms with Crippen molar-refractivity contribution in [1.29, 1.82) is 0 Å². The maximum atomic E-state index is 13.7. The second kappa shape index (κ2) is 8.81. The van der Waals surface area contributed by atoms with E-state index in [0.717, 1.165) is 31.2 Å². The van der Waals surface area contributed by atoms with Crippen molar-refractivity contribution in [2.24, 2.45) is 0 Å². The van der Waals surface area contributed by atoms with Crippen molar-refractivity contribution in [2.75, 3.05) is 13.3 Å². The second-order valence-corrected chi connectivity index (χ2v) is 8.77. The van der Waals surface area contributed by atoms with E-state index < -0.39 is 6.04 Å². The topological polar surface area (TPSA) is 59.1 Å². The number of hydrogen-bond donors (Lipinski definition) is 0. The summed E-state index contributed by atoms with van der Waals surface area (Å²) in [5, 5.41) is 0. The molecule has 1 saturated carbocycles. The van der Waals surface area contributed by atoms with Crippen LogP contribution in [0.5, 0.6) is 11.5 Å². The van der Waals surface area contributed by atoms with Crippen LogP contribution in [0.3, 0.4) is 0 Å². The Kier molecular flexibility index (Phi) is 5.72. The molecular formula is C25H27FN2O4. The molecule has 7 heteroatoms. The fourth-order valence-corrected chi connectivity index (χ4v) is 5.01. The fourth-order valence-electron chi connectivity index (χ4n) is 5.01. The van der Waals surface area contributed by atoms with E-state index >= 15 is 0 Å². The monoisotopic (exact) mass is 438 g/mol. The predicted octanol–water partition coefficient (Wildman–Crippen LogP) is 4.19. The molecule has 0 spiro atoms. The lowest BCUT2D eigenvalue weighted by Crippen LogP contribution is -2.57. The minimum absolute atomic E-state index is 0.0798. The number of nitrogens with zero attached hydrogens (tertiary/aromatic N) is 2. The first kappa shape index (κ1) is 20.8. The molecule has 2 heterocycles. The molecule has 0 bridgehead atoms. The van der Waals surface area contributed by atoms with Gasteiger partial charge >= 0.3 is 0 Å². The molecule has 0 aromatic heterocycles. The Balaban J connectivity index is 1.46. The first-order chi connectivity index (χ1) is 15.6. The number of ether oxygens (including phenoxy) is 2. The summed E-state index contributed by atoms with van der Waals surface area (Å²) >= 11 is 0. The number of amides is 2. The molecule has 2 aromatic carbocycles. The van der Waals surface area contributed by atoms with Gasteiger partial charge in [-0.2, -0.15) is 0 Å². The Labute approximate surface area is 186 Å². The third-order valence-corrected chi connectivity index (χ3v) is 6.70. The van der Waals surface area contributed by atoms with Crippen LogP contribution in [0.2, 0.25) is 0 Å². The van der Waals surface area contributed by atoms with Gasteiger partial charge in [-0.1, -0.05) is 43.9 Å². The summed E-state index contributed by atoms with van der Waals surface area (Å²) in [4.78, 5) is 30.5. The lowest BCUT2D eigenvalue weighted by molar-refractivity contribution is -0.159. The molecule has 5 rings (SSSR count). The highest BCUT2D eigenvalue weighted by Gasteiger charge is 2.42. The van der Waals surface area contributed by atoms with Crippen molar-refractivity contribution in [3.63, 3.8) is 0 Å². The number of benzene rings is 2. The van der Waals surface area contributed by atoms with E-state index in [-0.39, 0.29) is 43.6 Å². The van der Waals surface area contributed by atoms with Gasteiger partial charge in [0, 0.05) is 12.6 Å². The van der Waals surface area contributed by atoms with Crippen LogP contribution in [0.4, 0.5) is 4.39 Å². The van der Waals surface area contributed by atoms with Crippen molar-refractivity contribution in [1.82, 2.24) is 9.80 Å². The molecule has 1 atom stereocenters. The zero-order valence-electron chi connectivity index (χ0n) is 18.0. The quantitative estimate of drug-likeness (QED) is 0.672. The van der Waals surface area contributed by atoms with Crippen molar-refractivity contribution >= 4 is 11.8 Å². The maximum absolute atomic E-state index is 13.7. The van der Waals surface area contributed by atoms with Crippen LogP contribution in [0.15, 0.2) is 42.5 Å². The van der Waals surface area contributed by atoms with Crippen LogP contribution in [-0.4, -0.2) is 41.0 Å². The molecule has 32 heavy (non-hydrogen) atoms. The van der Waals surface area contributed by atoms with Gasteiger partial charge in [-0.25, -0.2) is 4.39 Å². The molecule has 3 aliphatic rings. The van der Waals surface area contributed by atoms with E-state index in [1.807, 2.05) is 18.2 Å². The van der Waals surface area contributed by atoms with Crippen LogP contribution >= 0.6 is 0 Å². The summed E-state index contributed by atoms with van der Waals surface area (Å²) in [5.74, 6) is 0.761. The SMILES string of the molecule is O=C1[C@H](c2ccc(F)cc2)N(Cc2ccc3c(c2)OCO3)C(=O)CN1C1CCCCCC1. The Bertz CT molecular complexity index is 1000. The molecule has 2 amide bonds. The molecule has 1 saturated heterocycles. The summed E-state index contributed by atoms with van der Waals surface area (Å²) < 4.78 is 24.5. The Morgan fingerprint density at radius 3 is 2.38 bits per heavy atom. The van der Waals surface area contributed by atoms with Crippen molar-refractivity contribution in [2.45, 2.75) is 57.2 Å². The van der Waals surface area contributed by atoms with Crippen molar-refractivity contribution < 1.29 is 23.5 Å². The van der Waals surface area contributed by atoms with Gasteiger partial charge in [0.25, 0.3) is 5.91 Å². The number of hydrogen-bond acceptors (Lipinski definition) is 4. The van der Waals surface area contributed by atoms with E-state index in [1.54, 1.807) is 21.9 Å². The summed E-state index contributed by atoms with van der Waals surface area (Å²) in [6.07, 6.45) is 6.35. The van der Waals surface area contributed by atoms with E-state index in [2.05, 4.69) is 0 Å². The van der Waals surface area contributed by atoms with Gasteiger partial charge in [0.2, 0.25) is 12.7 Å².